The first-order valence-corrected chi connectivity index (χ1v) is 6.39. The van der Waals surface area contributed by atoms with Gasteiger partial charge >= 0.3 is 0 Å². The highest BCUT2D eigenvalue weighted by Gasteiger charge is 2.07. The van der Waals surface area contributed by atoms with Gasteiger partial charge in [0.1, 0.15) is 5.75 Å². The first kappa shape index (κ1) is 14.0. The highest BCUT2D eigenvalue weighted by Crippen LogP contribution is 2.24. The Hall–Kier alpha value is -1.02. The van der Waals surface area contributed by atoms with E-state index in [1.165, 1.54) is 16.7 Å². The molecule has 2 heteroatoms. The number of benzene rings is 1. The van der Waals surface area contributed by atoms with Crippen molar-refractivity contribution in [3.63, 3.8) is 0 Å². The molecule has 1 rings (SSSR count). The second-order valence-electron chi connectivity index (χ2n) is 5.11. The summed E-state index contributed by atoms with van der Waals surface area (Å²) in [6, 6.07) is 4.34. The number of aryl methyl sites for hydroxylation is 2. The van der Waals surface area contributed by atoms with Crippen LogP contribution in [0.4, 0.5) is 0 Å². The van der Waals surface area contributed by atoms with Crippen molar-refractivity contribution in [3.05, 3.63) is 28.8 Å². The van der Waals surface area contributed by atoms with Crippen molar-refractivity contribution < 1.29 is 4.74 Å². The Bertz CT molecular complexity index is 358. The number of hydrogen-bond acceptors (Lipinski definition) is 2. The summed E-state index contributed by atoms with van der Waals surface area (Å²) < 4.78 is 5.46. The fourth-order valence-electron chi connectivity index (χ4n) is 2.07. The fourth-order valence-corrected chi connectivity index (χ4v) is 2.07. The monoisotopic (exact) mass is 235 g/mol. The summed E-state index contributed by atoms with van der Waals surface area (Å²) in [5.41, 5.74) is 3.92. The average molecular weight is 235 g/mol. The van der Waals surface area contributed by atoms with Gasteiger partial charge in [-0.15, -0.1) is 0 Å². The van der Waals surface area contributed by atoms with Crippen molar-refractivity contribution in [2.24, 2.45) is 5.92 Å². The summed E-state index contributed by atoms with van der Waals surface area (Å²) in [6.07, 6.45) is 1.03. The molecule has 0 aromatic heterocycles. The van der Waals surface area contributed by atoms with Crippen molar-refractivity contribution in [2.45, 2.75) is 34.1 Å². The van der Waals surface area contributed by atoms with Gasteiger partial charge in [0.2, 0.25) is 0 Å². The average Bonchev–Trinajstić information content (AvgIpc) is 2.25. The minimum absolute atomic E-state index is 0.705. The van der Waals surface area contributed by atoms with Crippen LogP contribution in [0, 0.1) is 19.8 Å². The van der Waals surface area contributed by atoms with Gasteiger partial charge in [0.05, 0.1) is 7.11 Å². The van der Waals surface area contributed by atoms with Crippen LogP contribution in [0.5, 0.6) is 5.75 Å². The zero-order valence-corrected chi connectivity index (χ0v) is 11.8. The van der Waals surface area contributed by atoms with E-state index in [9.17, 15) is 0 Å². The molecule has 0 radical (unpaired) electrons. The van der Waals surface area contributed by atoms with Crippen molar-refractivity contribution >= 4 is 0 Å². The molecule has 0 amide bonds. The maximum absolute atomic E-state index is 5.46. The van der Waals surface area contributed by atoms with Crippen LogP contribution in [-0.4, -0.2) is 20.2 Å². The lowest BCUT2D eigenvalue weighted by atomic mass is 10.0. The molecule has 0 saturated heterocycles. The Kier molecular flexibility index (Phi) is 5.49. The van der Waals surface area contributed by atoms with Crippen molar-refractivity contribution in [1.29, 1.82) is 0 Å². The molecule has 0 spiro atoms. The molecule has 0 aliphatic heterocycles. The Morgan fingerprint density at radius 1 is 1.24 bits per heavy atom. The van der Waals surface area contributed by atoms with Crippen LogP contribution in [-0.2, 0) is 6.42 Å². The standard InChI is InChI=1S/C15H25NO/c1-11(2)10-16-7-6-14-13(4)8-12(3)9-15(14)17-5/h8-9,11,16H,6-7,10H2,1-5H3. The molecule has 1 aromatic carbocycles. The topological polar surface area (TPSA) is 21.3 Å². The van der Waals surface area contributed by atoms with E-state index < -0.39 is 0 Å². The summed E-state index contributed by atoms with van der Waals surface area (Å²) in [5, 5.41) is 3.47. The van der Waals surface area contributed by atoms with Crippen molar-refractivity contribution in [2.75, 3.05) is 20.2 Å². The molecule has 0 aliphatic carbocycles. The molecule has 0 unspecified atom stereocenters. The quantitative estimate of drug-likeness (QED) is 0.765. The van der Waals surface area contributed by atoms with Gasteiger partial charge in [-0.3, -0.25) is 0 Å². The van der Waals surface area contributed by atoms with Crippen molar-refractivity contribution in [3.8, 4) is 5.75 Å². The predicted molar refractivity (Wildman–Crippen MR) is 73.9 cm³/mol. The number of rotatable bonds is 6. The molecule has 1 aromatic rings. The van der Waals surface area contributed by atoms with E-state index >= 15 is 0 Å². The number of hydrogen-bond donors (Lipinski definition) is 1. The van der Waals surface area contributed by atoms with E-state index in [1.807, 2.05) is 0 Å². The third-order valence-electron chi connectivity index (χ3n) is 2.90. The number of ether oxygens (including phenoxy) is 1. The number of nitrogens with one attached hydrogen (secondary N) is 1. The van der Waals surface area contributed by atoms with E-state index in [0.29, 0.717) is 5.92 Å². The van der Waals surface area contributed by atoms with Crippen LogP contribution < -0.4 is 10.1 Å². The second kappa shape index (κ2) is 6.65. The van der Waals surface area contributed by atoms with Crippen LogP contribution in [0.1, 0.15) is 30.5 Å². The van der Waals surface area contributed by atoms with Crippen LogP contribution in [0.3, 0.4) is 0 Å². The molecule has 96 valence electrons. The molecule has 0 bridgehead atoms. The Balaban J connectivity index is 2.63. The molecule has 0 atom stereocenters. The molecular formula is C15H25NO. The van der Waals surface area contributed by atoms with Gasteiger partial charge in [0.15, 0.2) is 0 Å². The lowest BCUT2D eigenvalue weighted by Gasteiger charge is -2.14. The van der Waals surface area contributed by atoms with E-state index in [-0.39, 0.29) is 0 Å². The normalized spacial score (nSPS) is 10.9. The summed E-state index contributed by atoms with van der Waals surface area (Å²) in [7, 11) is 1.75. The van der Waals surface area contributed by atoms with Gasteiger partial charge in [-0.2, -0.15) is 0 Å². The molecular weight excluding hydrogens is 210 g/mol. The van der Waals surface area contributed by atoms with Crippen molar-refractivity contribution in [1.82, 2.24) is 5.32 Å². The summed E-state index contributed by atoms with van der Waals surface area (Å²) in [6.45, 7) is 10.8. The zero-order valence-electron chi connectivity index (χ0n) is 11.8. The third-order valence-corrected chi connectivity index (χ3v) is 2.90. The highest BCUT2D eigenvalue weighted by atomic mass is 16.5. The third kappa shape index (κ3) is 4.39. The molecule has 0 fully saturated rings. The summed E-state index contributed by atoms with van der Waals surface area (Å²) >= 11 is 0. The Morgan fingerprint density at radius 2 is 1.94 bits per heavy atom. The largest absolute Gasteiger partial charge is 0.496 e. The lowest BCUT2D eigenvalue weighted by Crippen LogP contribution is -2.22. The van der Waals surface area contributed by atoms with Gasteiger partial charge in [-0.25, -0.2) is 0 Å². The van der Waals surface area contributed by atoms with E-state index in [4.69, 9.17) is 4.74 Å². The van der Waals surface area contributed by atoms with E-state index in [2.05, 4.69) is 45.1 Å². The maximum Gasteiger partial charge on any atom is 0.122 e. The lowest BCUT2D eigenvalue weighted by molar-refractivity contribution is 0.408. The smallest absolute Gasteiger partial charge is 0.122 e. The zero-order chi connectivity index (χ0) is 12.8. The van der Waals surface area contributed by atoms with Crippen LogP contribution in [0.25, 0.3) is 0 Å². The predicted octanol–water partition coefficient (Wildman–Crippen LogP) is 3.10. The summed E-state index contributed by atoms with van der Waals surface area (Å²) in [5.74, 6) is 1.73. The van der Waals surface area contributed by atoms with Gasteiger partial charge < -0.3 is 10.1 Å². The first-order valence-electron chi connectivity index (χ1n) is 6.39. The van der Waals surface area contributed by atoms with Gasteiger partial charge in [-0.1, -0.05) is 19.9 Å². The van der Waals surface area contributed by atoms with Crippen LogP contribution in [0.2, 0.25) is 0 Å². The van der Waals surface area contributed by atoms with Gasteiger partial charge in [0.25, 0.3) is 0 Å². The minimum Gasteiger partial charge on any atom is -0.496 e. The Labute approximate surface area is 105 Å². The Morgan fingerprint density at radius 3 is 2.53 bits per heavy atom. The van der Waals surface area contributed by atoms with E-state index in [1.54, 1.807) is 7.11 Å². The second-order valence-corrected chi connectivity index (χ2v) is 5.11. The number of methoxy groups -OCH3 is 1. The van der Waals surface area contributed by atoms with E-state index in [0.717, 1.165) is 25.3 Å². The van der Waals surface area contributed by atoms with Crippen LogP contribution in [0.15, 0.2) is 12.1 Å². The van der Waals surface area contributed by atoms with Gasteiger partial charge in [0, 0.05) is 0 Å². The molecule has 0 aliphatic rings. The van der Waals surface area contributed by atoms with Gasteiger partial charge in [-0.05, 0) is 62.0 Å². The fraction of sp³-hybridized carbons (Fsp3) is 0.600. The first-order chi connectivity index (χ1) is 8.04. The van der Waals surface area contributed by atoms with Crippen LogP contribution >= 0.6 is 0 Å². The molecule has 0 saturated carbocycles. The molecule has 2 nitrogen and oxygen atoms in total. The SMILES string of the molecule is COc1cc(C)cc(C)c1CCNCC(C)C. The maximum atomic E-state index is 5.46. The highest BCUT2D eigenvalue weighted by molar-refractivity contribution is 5.43. The molecule has 17 heavy (non-hydrogen) atoms. The minimum atomic E-state index is 0.705. The molecule has 1 N–H and O–H groups in total. The summed E-state index contributed by atoms with van der Waals surface area (Å²) in [4.78, 5) is 0. The molecule has 0 heterocycles.